The van der Waals surface area contributed by atoms with E-state index in [2.05, 4.69) is 15.3 Å². The van der Waals surface area contributed by atoms with Gasteiger partial charge < -0.3 is 5.32 Å². The van der Waals surface area contributed by atoms with Gasteiger partial charge in [-0.1, -0.05) is 0 Å². The summed E-state index contributed by atoms with van der Waals surface area (Å²) < 4.78 is 36.0. The molecule has 84 valence electrons. The zero-order valence-corrected chi connectivity index (χ0v) is 8.25. The molecule has 1 unspecified atom stereocenters. The first-order chi connectivity index (χ1) is 7.03. The fourth-order valence-electron chi connectivity index (χ4n) is 1.26. The van der Waals surface area contributed by atoms with Crippen LogP contribution in [-0.4, -0.2) is 23.2 Å². The summed E-state index contributed by atoms with van der Waals surface area (Å²) in [7, 11) is 1.61. The monoisotopic (exact) mass is 219 g/mol. The van der Waals surface area contributed by atoms with Crippen LogP contribution in [0.3, 0.4) is 0 Å². The Bertz CT molecular complexity index is 286. The van der Waals surface area contributed by atoms with Crippen LogP contribution in [0.25, 0.3) is 0 Å². The van der Waals surface area contributed by atoms with Crippen LogP contribution in [0.5, 0.6) is 0 Å². The second-order valence-electron chi connectivity index (χ2n) is 3.13. The van der Waals surface area contributed by atoms with Crippen molar-refractivity contribution in [2.24, 2.45) is 0 Å². The Balaban J connectivity index is 2.58. The molecule has 0 aliphatic heterocycles. The summed E-state index contributed by atoms with van der Waals surface area (Å²) in [6.45, 7) is 0. The molecule has 1 rings (SSSR count). The van der Waals surface area contributed by atoms with Crippen LogP contribution >= 0.6 is 0 Å². The predicted octanol–water partition coefficient (Wildman–Crippen LogP) is 2.08. The lowest BCUT2D eigenvalue weighted by molar-refractivity contribution is -0.136. The van der Waals surface area contributed by atoms with Gasteiger partial charge >= 0.3 is 6.18 Å². The van der Waals surface area contributed by atoms with Crippen LogP contribution in [0.1, 0.15) is 24.6 Å². The van der Waals surface area contributed by atoms with Gasteiger partial charge in [0.05, 0.1) is 5.69 Å². The third-order valence-electron chi connectivity index (χ3n) is 2.03. The quantitative estimate of drug-likeness (QED) is 0.842. The van der Waals surface area contributed by atoms with Crippen molar-refractivity contribution in [3.05, 3.63) is 24.3 Å². The first-order valence-corrected chi connectivity index (χ1v) is 4.53. The van der Waals surface area contributed by atoms with Crippen LogP contribution in [0, 0.1) is 0 Å². The van der Waals surface area contributed by atoms with Crippen molar-refractivity contribution in [2.75, 3.05) is 7.05 Å². The highest BCUT2D eigenvalue weighted by Gasteiger charge is 2.28. The summed E-state index contributed by atoms with van der Waals surface area (Å²) in [5.74, 6) is 0. The number of rotatable bonds is 4. The number of aromatic nitrogens is 2. The van der Waals surface area contributed by atoms with E-state index >= 15 is 0 Å². The Labute approximate surface area is 85.7 Å². The zero-order valence-electron chi connectivity index (χ0n) is 8.25. The molecule has 1 aromatic rings. The molecule has 0 saturated heterocycles. The van der Waals surface area contributed by atoms with Crippen LogP contribution in [0.4, 0.5) is 13.2 Å². The summed E-state index contributed by atoms with van der Waals surface area (Å²) in [4.78, 5) is 7.62. The Morgan fingerprint density at radius 1 is 1.47 bits per heavy atom. The van der Waals surface area contributed by atoms with Crippen molar-refractivity contribution in [3.8, 4) is 0 Å². The highest BCUT2D eigenvalue weighted by Crippen LogP contribution is 2.26. The molecule has 0 aliphatic carbocycles. The van der Waals surface area contributed by atoms with Gasteiger partial charge in [-0.25, -0.2) is 9.97 Å². The van der Waals surface area contributed by atoms with E-state index in [1.807, 2.05) is 0 Å². The van der Waals surface area contributed by atoms with Crippen molar-refractivity contribution in [1.82, 2.24) is 15.3 Å². The molecule has 0 aromatic carbocycles. The first-order valence-electron chi connectivity index (χ1n) is 4.53. The maximum atomic E-state index is 12.0. The fourth-order valence-corrected chi connectivity index (χ4v) is 1.26. The average molecular weight is 219 g/mol. The third kappa shape index (κ3) is 4.24. The van der Waals surface area contributed by atoms with Gasteiger partial charge in [0, 0.05) is 18.7 Å². The molecule has 0 fully saturated rings. The number of alkyl halides is 3. The van der Waals surface area contributed by atoms with Crippen molar-refractivity contribution in [1.29, 1.82) is 0 Å². The molecular formula is C9H12F3N3. The van der Waals surface area contributed by atoms with Crippen LogP contribution in [-0.2, 0) is 0 Å². The van der Waals surface area contributed by atoms with E-state index in [1.54, 1.807) is 13.1 Å². The lowest BCUT2D eigenvalue weighted by Gasteiger charge is -2.16. The molecule has 3 nitrogen and oxygen atoms in total. The van der Waals surface area contributed by atoms with Crippen molar-refractivity contribution in [3.63, 3.8) is 0 Å². The number of nitrogens with one attached hydrogen (secondary N) is 1. The molecule has 0 saturated carbocycles. The molecule has 1 aromatic heterocycles. The molecule has 1 N–H and O–H groups in total. The summed E-state index contributed by atoms with van der Waals surface area (Å²) in [5, 5.41) is 2.80. The summed E-state index contributed by atoms with van der Waals surface area (Å²) in [5.41, 5.74) is 0.580. The highest BCUT2D eigenvalue weighted by molar-refractivity contribution is 5.04. The first kappa shape index (κ1) is 11.9. The van der Waals surface area contributed by atoms with E-state index < -0.39 is 12.6 Å². The van der Waals surface area contributed by atoms with Crippen molar-refractivity contribution in [2.45, 2.75) is 25.1 Å². The average Bonchev–Trinajstić information content (AvgIpc) is 2.19. The largest absolute Gasteiger partial charge is 0.389 e. The van der Waals surface area contributed by atoms with Gasteiger partial charge in [0.2, 0.25) is 0 Å². The van der Waals surface area contributed by atoms with Gasteiger partial charge in [0.25, 0.3) is 0 Å². The van der Waals surface area contributed by atoms with Gasteiger partial charge in [-0.2, -0.15) is 13.2 Å². The molecular weight excluding hydrogens is 207 g/mol. The van der Waals surface area contributed by atoms with Crippen molar-refractivity contribution < 1.29 is 13.2 Å². The van der Waals surface area contributed by atoms with E-state index in [1.165, 1.54) is 12.5 Å². The van der Waals surface area contributed by atoms with Gasteiger partial charge in [-0.3, -0.25) is 0 Å². The van der Waals surface area contributed by atoms with Gasteiger partial charge in [0.15, 0.2) is 0 Å². The molecule has 1 heterocycles. The number of hydrogen-bond donors (Lipinski definition) is 1. The number of hydrogen-bond acceptors (Lipinski definition) is 3. The Kier molecular flexibility index (Phi) is 4.02. The predicted molar refractivity (Wildman–Crippen MR) is 49.1 cm³/mol. The standard InChI is InChI=1S/C9H12F3N3/c1-13-7(2-4-9(10,11)12)8-3-5-14-6-15-8/h3,5-7,13H,2,4H2,1H3. The molecule has 0 amide bonds. The second-order valence-corrected chi connectivity index (χ2v) is 3.13. The second kappa shape index (κ2) is 5.06. The maximum absolute atomic E-state index is 12.0. The highest BCUT2D eigenvalue weighted by atomic mass is 19.4. The molecule has 15 heavy (non-hydrogen) atoms. The summed E-state index contributed by atoms with van der Waals surface area (Å²) in [6, 6.07) is 1.23. The van der Waals surface area contributed by atoms with E-state index in [0.717, 1.165) is 0 Å². The van der Waals surface area contributed by atoms with Crippen LogP contribution in [0.15, 0.2) is 18.6 Å². The SMILES string of the molecule is CNC(CCC(F)(F)F)c1ccncn1. The topological polar surface area (TPSA) is 37.8 Å². The molecule has 0 spiro atoms. The van der Waals surface area contributed by atoms with Crippen LogP contribution in [0.2, 0.25) is 0 Å². The van der Waals surface area contributed by atoms with Gasteiger partial charge in [0.1, 0.15) is 6.33 Å². The third-order valence-corrected chi connectivity index (χ3v) is 2.03. The lowest BCUT2D eigenvalue weighted by Crippen LogP contribution is -2.20. The van der Waals surface area contributed by atoms with Crippen LogP contribution < -0.4 is 5.32 Å². The van der Waals surface area contributed by atoms with Gasteiger partial charge in [-0.05, 0) is 19.5 Å². The maximum Gasteiger partial charge on any atom is 0.389 e. The molecule has 1 atom stereocenters. The smallest absolute Gasteiger partial charge is 0.312 e. The van der Waals surface area contributed by atoms with E-state index in [-0.39, 0.29) is 12.5 Å². The van der Waals surface area contributed by atoms with E-state index in [9.17, 15) is 13.2 Å². The molecule has 6 heteroatoms. The van der Waals surface area contributed by atoms with E-state index in [4.69, 9.17) is 0 Å². The van der Waals surface area contributed by atoms with Crippen molar-refractivity contribution >= 4 is 0 Å². The Morgan fingerprint density at radius 3 is 2.67 bits per heavy atom. The van der Waals surface area contributed by atoms with Gasteiger partial charge in [-0.15, -0.1) is 0 Å². The summed E-state index contributed by atoms with van der Waals surface area (Å²) >= 11 is 0. The Hall–Kier alpha value is -1.17. The molecule has 0 aliphatic rings. The number of nitrogens with zero attached hydrogens (tertiary/aromatic N) is 2. The molecule has 0 bridgehead atoms. The minimum absolute atomic E-state index is 0.0169. The summed E-state index contributed by atoms with van der Waals surface area (Å²) in [6.07, 6.45) is -2.12. The fraction of sp³-hybridized carbons (Fsp3) is 0.556. The molecule has 0 radical (unpaired) electrons. The zero-order chi connectivity index (χ0) is 11.3. The Morgan fingerprint density at radius 2 is 2.20 bits per heavy atom. The lowest BCUT2D eigenvalue weighted by atomic mass is 10.1. The minimum atomic E-state index is -4.12. The minimum Gasteiger partial charge on any atom is -0.312 e. The normalized spacial score (nSPS) is 13.9. The van der Waals surface area contributed by atoms with E-state index in [0.29, 0.717) is 5.69 Å². The number of halogens is 3.